The van der Waals surface area contributed by atoms with Crippen molar-refractivity contribution < 1.29 is 27.8 Å². The molecule has 0 fully saturated rings. The number of nitrogens with zero attached hydrogens (tertiary/aromatic N) is 2. The number of aliphatic hydroxyl groups is 1. The lowest BCUT2D eigenvalue weighted by Gasteiger charge is -2.30. The second-order valence-corrected chi connectivity index (χ2v) is 7.86. The zero-order chi connectivity index (χ0) is 23.5. The van der Waals surface area contributed by atoms with Gasteiger partial charge in [0.05, 0.1) is 23.1 Å². The van der Waals surface area contributed by atoms with Gasteiger partial charge in [0.2, 0.25) is 0 Å². The maximum Gasteiger partial charge on any atom is 0.573 e. The summed E-state index contributed by atoms with van der Waals surface area (Å²) < 4.78 is 41.1. The van der Waals surface area contributed by atoms with Crippen LogP contribution in [-0.4, -0.2) is 44.7 Å². The predicted octanol–water partition coefficient (Wildman–Crippen LogP) is 3.96. The standard InChI is InChI=1S/C22H23F3N4O3/c1-13-5-4-6-18(28-13)16-11-27-29-19(16)20(30)26-12-17(21(2,3)31)14-7-9-15(10-8-14)32-22(23,24)25/h4-11,17,31H,12H2,1-3H3,(H,26,30)(H,27,29)/t17-/m1/s1. The number of aryl methyl sites for hydroxylation is 1. The molecule has 2 aromatic heterocycles. The Hall–Kier alpha value is -3.40. The number of halogens is 3. The SMILES string of the molecule is Cc1cccc(-c2cn[nH]c2C(=O)NC[C@H](c2ccc(OC(F)(F)F)cc2)C(C)(C)O)n1. The number of aromatic nitrogens is 3. The number of ether oxygens (including phenoxy) is 1. The van der Waals surface area contributed by atoms with Gasteiger partial charge in [0.15, 0.2) is 0 Å². The fourth-order valence-electron chi connectivity index (χ4n) is 3.31. The summed E-state index contributed by atoms with van der Waals surface area (Å²) in [6.07, 6.45) is -3.29. The molecule has 170 valence electrons. The van der Waals surface area contributed by atoms with E-state index in [1.807, 2.05) is 19.1 Å². The first kappa shape index (κ1) is 23.3. The van der Waals surface area contributed by atoms with Crippen LogP contribution in [0.2, 0.25) is 0 Å². The van der Waals surface area contributed by atoms with E-state index in [2.05, 4.69) is 25.2 Å². The lowest BCUT2D eigenvalue weighted by Crippen LogP contribution is -2.39. The van der Waals surface area contributed by atoms with Crippen LogP contribution in [0.1, 0.15) is 41.5 Å². The van der Waals surface area contributed by atoms with Crippen molar-refractivity contribution in [3.05, 3.63) is 65.6 Å². The highest BCUT2D eigenvalue weighted by atomic mass is 19.4. The van der Waals surface area contributed by atoms with Crippen molar-refractivity contribution >= 4 is 5.91 Å². The molecule has 0 aliphatic rings. The van der Waals surface area contributed by atoms with Crippen molar-refractivity contribution in [2.45, 2.75) is 38.7 Å². The first-order chi connectivity index (χ1) is 14.9. The van der Waals surface area contributed by atoms with Gasteiger partial charge in [-0.25, -0.2) is 0 Å². The number of amides is 1. The number of nitrogens with one attached hydrogen (secondary N) is 2. The Morgan fingerprint density at radius 3 is 2.47 bits per heavy atom. The lowest BCUT2D eigenvalue weighted by molar-refractivity contribution is -0.274. The number of hydrogen-bond donors (Lipinski definition) is 3. The third-order valence-corrected chi connectivity index (χ3v) is 4.87. The summed E-state index contributed by atoms with van der Waals surface area (Å²) in [4.78, 5) is 17.2. The number of pyridine rings is 1. The van der Waals surface area contributed by atoms with E-state index >= 15 is 0 Å². The monoisotopic (exact) mass is 448 g/mol. The maximum absolute atomic E-state index is 12.8. The largest absolute Gasteiger partial charge is 0.573 e. The summed E-state index contributed by atoms with van der Waals surface area (Å²) in [6, 6.07) is 10.6. The first-order valence-electron chi connectivity index (χ1n) is 9.78. The van der Waals surface area contributed by atoms with Crippen LogP contribution in [0.15, 0.2) is 48.7 Å². The molecule has 3 aromatic rings. The number of aromatic amines is 1. The molecule has 32 heavy (non-hydrogen) atoms. The van der Waals surface area contributed by atoms with Gasteiger partial charge in [-0.05, 0) is 50.6 Å². The molecule has 0 radical (unpaired) electrons. The predicted molar refractivity (Wildman–Crippen MR) is 111 cm³/mol. The van der Waals surface area contributed by atoms with Gasteiger partial charge in [-0.15, -0.1) is 13.2 Å². The Labute approximate surface area is 182 Å². The van der Waals surface area contributed by atoms with E-state index in [1.54, 1.807) is 19.9 Å². The Balaban J connectivity index is 1.76. The number of hydrogen-bond acceptors (Lipinski definition) is 5. The summed E-state index contributed by atoms with van der Waals surface area (Å²) in [5.74, 6) is -1.42. The van der Waals surface area contributed by atoms with E-state index in [0.29, 0.717) is 16.8 Å². The summed E-state index contributed by atoms with van der Waals surface area (Å²) in [5.41, 5.74) is 1.39. The molecule has 0 aliphatic heterocycles. The summed E-state index contributed by atoms with van der Waals surface area (Å²) in [6.45, 7) is 4.98. The topological polar surface area (TPSA) is 100 Å². The molecule has 0 spiro atoms. The van der Waals surface area contributed by atoms with Crippen molar-refractivity contribution in [2.75, 3.05) is 6.54 Å². The zero-order valence-electron chi connectivity index (χ0n) is 17.7. The fourth-order valence-corrected chi connectivity index (χ4v) is 3.31. The number of benzene rings is 1. The highest BCUT2D eigenvalue weighted by molar-refractivity contribution is 5.98. The van der Waals surface area contributed by atoms with Crippen LogP contribution in [0, 0.1) is 6.92 Å². The van der Waals surface area contributed by atoms with Crippen molar-refractivity contribution in [1.29, 1.82) is 0 Å². The van der Waals surface area contributed by atoms with E-state index in [-0.39, 0.29) is 18.0 Å². The molecule has 7 nitrogen and oxygen atoms in total. The average Bonchev–Trinajstić information content (AvgIpc) is 3.17. The minimum absolute atomic E-state index is 0.0293. The van der Waals surface area contributed by atoms with Crippen molar-refractivity contribution in [2.24, 2.45) is 0 Å². The van der Waals surface area contributed by atoms with Crippen LogP contribution >= 0.6 is 0 Å². The Kier molecular flexibility index (Phi) is 6.54. The third kappa shape index (κ3) is 5.85. The Bertz CT molecular complexity index is 1070. The van der Waals surface area contributed by atoms with E-state index in [9.17, 15) is 23.1 Å². The van der Waals surface area contributed by atoms with Gasteiger partial charge in [-0.1, -0.05) is 18.2 Å². The van der Waals surface area contributed by atoms with E-state index in [1.165, 1.54) is 30.5 Å². The molecule has 1 amide bonds. The Morgan fingerprint density at radius 2 is 1.88 bits per heavy atom. The zero-order valence-corrected chi connectivity index (χ0v) is 17.7. The van der Waals surface area contributed by atoms with Crippen LogP contribution in [0.5, 0.6) is 5.75 Å². The van der Waals surface area contributed by atoms with Crippen LogP contribution in [-0.2, 0) is 0 Å². The molecule has 1 atom stereocenters. The van der Waals surface area contributed by atoms with Crippen LogP contribution in [0.4, 0.5) is 13.2 Å². The molecular weight excluding hydrogens is 425 g/mol. The minimum Gasteiger partial charge on any atom is -0.406 e. The molecule has 10 heteroatoms. The van der Waals surface area contributed by atoms with Gasteiger partial charge >= 0.3 is 6.36 Å². The third-order valence-electron chi connectivity index (χ3n) is 4.87. The van der Waals surface area contributed by atoms with E-state index < -0.39 is 23.8 Å². The number of rotatable bonds is 7. The second kappa shape index (κ2) is 8.99. The van der Waals surface area contributed by atoms with Gasteiger partial charge < -0.3 is 15.2 Å². The summed E-state index contributed by atoms with van der Waals surface area (Å²) >= 11 is 0. The molecule has 0 unspecified atom stereocenters. The Morgan fingerprint density at radius 1 is 1.19 bits per heavy atom. The van der Waals surface area contributed by atoms with Gasteiger partial charge in [-0.3, -0.25) is 14.9 Å². The van der Waals surface area contributed by atoms with Crippen LogP contribution < -0.4 is 10.1 Å². The number of carbonyl (C=O) groups is 1. The van der Waals surface area contributed by atoms with E-state index in [0.717, 1.165) is 5.69 Å². The summed E-state index contributed by atoms with van der Waals surface area (Å²) in [7, 11) is 0. The van der Waals surface area contributed by atoms with E-state index in [4.69, 9.17) is 0 Å². The molecule has 2 heterocycles. The quantitative estimate of drug-likeness (QED) is 0.508. The molecule has 0 aliphatic carbocycles. The summed E-state index contributed by atoms with van der Waals surface area (Å²) in [5, 5.41) is 20.0. The molecule has 0 saturated heterocycles. The number of H-pyrrole nitrogens is 1. The average molecular weight is 448 g/mol. The maximum atomic E-state index is 12.8. The lowest BCUT2D eigenvalue weighted by atomic mass is 9.84. The second-order valence-electron chi connectivity index (χ2n) is 7.86. The molecule has 1 aromatic carbocycles. The van der Waals surface area contributed by atoms with Crippen LogP contribution in [0.25, 0.3) is 11.3 Å². The number of alkyl halides is 3. The molecular formula is C22H23F3N4O3. The first-order valence-corrected chi connectivity index (χ1v) is 9.78. The highest BCUT2D eigenvalue weighted by Crippen LogP contribution is 2.30. The van der Waals surface area contributed by atoms with Gasteiger partial charge in [-0.2, -0.15) is 5.10 Å². The molecule has 0 saturated carbocycles. The van der Waals surface area contributed by atoms with Gasteiger partial charge in [0, 0.05) is 18.2 Å². The van der Waals surface area contributed by atoms with Crippen molar-refractivity contribution in [3.63, 3.8) is 0 Å². The molecule has 3 rings (SSSR count). The van der Waals surface area contributed by atoms with Crippen LogP contribution in [0.3, 0.4) is 0 Å². The molecule has 0 bridgehead atoms. The normalized spacial score (nSPS) is 13.0. The van der Waals surface area contributed by atoms with Gasteiger partial charge in [0.1, 0.15) is 11.4 Å². The molecule has 3 N–H and O–H groups in total. The van der Waals surface area contributed by atoms with Crippen molar-refractivity contribution in [3.8, 4) is 17.0 Å². The van der Waals surface area contributed by atoms with Gasteiger partial charge in [0.25, 0.3) is 5.91 Å². The smallest absolute Gasteiger partial charge is 0.406 e. The number of carbonyl (C=O) groups excluding carboxylic acids is 1. The minimum atomic E-state index is -4.79. The highest BCUT2D eigenvalue weighted by Gasteiger charge is 2.32. The fraction of sp³-hybridized carbons (Fsp3) is 0.318. The van der Waals surface area contributed by atoms with Crippen molar-refractivity contribution in [1.82, 2.24) is 20.5 Å².